The number of benzene rings is 2. The lowest BCUT2D eigenvalue weighted by molar-refractivity contribution is 0.101. The standard InChI is InChI=1S/C23H18FN5O/c1-14-26-19-6-5-18(11-20(19)27-14)28-23(30)21-10-16-7-8-25-12-22(16)29(21)13-15-3-2-4-17(24)9-15/h2-12H,13H2,1H3,(H,26,27)(H,28,30). The number of aromatic nitrogens is 4. The number of pyridine rings is 1. The number of anilines is 1. The van der Waals surface area contributed by atoms with Gasteiger partial charge in [-0.15, -0.1) is 0 Å². The van der Waals surface area contributed by atoms with E-state index in [1.165, 1.54) is 12.1 Å². The van der Waals surface area contributed by atoms with Gasteiger partial charge in [-0.25, -0.2) is 9.37 Å². The van der Waals surface area contributed by atoms with Crippen LogP contribution < -0.4 is 5.32 Å². The molecule has 5 aromatic rings. The van der Waals surface area contributed by atoms with Gasteiger partial charge in [0.1, 0.15) is 17.3 Å². The number of fused-ring (bicyclic) bond motifs is 2. The third kappa shape index (κ3) is 3.30. The number of nitrogens with one attached hydrogen (secondary N) is 2. The van der Waals surface area contributed by atoms with Crippen molar-refractivity contribution in [2.75, 3.05) is 5.32 Å². The van der Waals surface area contributed by atoms with E-state index >= 15 is 0 Å². The molecule has 0 fully saturated rings. The normalized spacial score (nSPS) is 11.3. The Morgan fingerprint density at radius 3 is 2.93 bits per heavy atom. The first kappa shape index (κ1) is 18.1. The molecular weight excluding hydrogens is 381 g/mol. The smallest absolute Gasteiger partial charge is 0.272 e. The van der Waals surface area contributed by atoms with Crippen LogP contribution in [-0.2, 0) is 6.54 Å². The van der Waals surface area contributed by atoms with E-state index in [-0.39, 0.29) is 11.7 Å². The first-order valence-electron chi connectivity index (χ1n) is 9.52. The van der Waals surface area contributed by atoms with E-state index in [9.17, 15) is 9.18 Å². The summed E-state index contributed by atoms with van der Waals surface area (Å²) in [6, 6.07) is 15.6. The first-order valence-corrected chi connectivity index (χ1v) is 9.52. The molecule has 0 saturated heterocycles. The minimum absolute atomic E-state index is 0.252. The van der Waals surface area contributed by atoms with Crippen LogP contribution in [0.2, 0.25) is 0 Å². The highest BCUT2D eigenvalue weighted by atomic mass is 19.1. The second-order valence-corrected chi connectivity index (χ2v) is 7.19. The number of carbonyl (C=O) groups excluding carboxylic acids is 1. The molecular formula is C23H18FN5O. The Hall–Kier alpha value is -4.00. The molecule has 0 spiro atoms. The van der Waals surface area contributed by atoms with Crippen molar-refractivity contribution >= 4 is 33.5 Å². The number of imidazole rings is 1. The fraction of sp³-hybridized carbons (Fsp3) is 0.0870. The zero-order valence-corrected chi connectivity index (χ0v) is 16.2. The number of aryl methyl sites for hydroxylation is 1. The van der Waals surface area contributed by atoms with Gasteiger partial charge >= 0.3 is 0 Å². The topological polar surface area (TPSA) is 75.6 Å². The summed E-state index contributed by atoms with van der Waals surface area (Å²) in [6.45, 7) is 2.24. The zero-order chi connectivity index (χ0) is 20.7. The molecule has 1 amide bonds. The molecule has 0 aliphatic rings. The van der Waals surface area contributed by atoms with E-state index in [2.05, 4.69) is 20.3 Å². The molecule has 0 aliphatic carbocycles. The Kier molecular flexibility index (Phi) is 4.28. The van der Waals surface area contributed by atoms with E-state index in [0.717, 1.165) is 33.3 Å². The molecule has 0 radical (unpaired) electrons. The molecule has 30 heavy (non-hydrogen) atoms. The molecule has 2 N–H and O–H groups in total. The maximum absolute atomic E-state index is 13.7. The Labute approximate surface area is 171 Å². The van der Waals surface area contributed by atoms with Gasteiger partial charge in [0, 0.05) is 23.8 Å². The molecule has 5 rings (SSSR count). The lowest BCUT2D eigenvalue weighted by Crippen LogP contribution is -2.17. The summed E-state index contributed by atoms with van der Waals surface area (Å²) in [5, 5.41) is 3.85. The van der Waals surface area contributed by atoms with E-state index in [1.54, 1.807) is 18.5 Å². The second-order valence-electron chi connectivity index (χ2n) is 7.19. The number of nitrogens with zero attached hydrogens (tertiary/aromatic N) is 3. The zero-order valence-electron chi connectivity index (χ0n) is 16.2. The van der Waals surface area contributed by atoms with E-state index in [0.29, 0.717) is 17.9 Å². The van der Waals surface area contributed by atoms with Crippen molar-refractivity contribution in [3.8, 4) is 0 Å². The second kappa shape index (κ2) is 7.11. The van der Waals surface area contributed by atoms with Crippen molar-refractivity contribution in [1.29, 1.82) is 0 Å². The number of hydrogen-bond donors (Lipinski definition) is 2. The summed E-state index contributed by atoms with van der Waals surface area (Å²) in [4.78, 5) is 24.9. The predicted octanol–water partition coefficient (Wildman–Crippen LogP) is 4.66. The molecule has 148 valence electrons. The van der Waals surface area contributed by atoms with Crippen molar-refractivity contribution in [1.82, 2.24) is 19.5 Å². The lowest BCUT2D eigenvalue weighted by Gasteiger charge is -2.11. The van der Waals surface area contributed by atoms with Gasteiger partial charge in [0.15, 0.2) is 0 Å². The van der Waals surface area contributed by atoms with Crippen LogP contribution in [0.4, 0.5) is 10.1 Å². The summed E-state index contributed by atoms with van der Waals surface area (Å²) in [6.07, 6.45) is 3.40. The average Bonchev–Trinajstić information content (AvgIpc) is 3.27. The maximum atomic E-state index is 13.7. The third-order valence-electron chi connectivity index (χ3n) is 5.03. The highest BCUT2D eigenvalue weighted by molar-refractivity contribution is 6.07. The summed E-state index contributed by atoms with van der Waals surface area (Å²) in [5.41, 5.74) is 4.41. The lowest BCUT2D eigenvalue weighted by atomic mass is 10.2. The molecule has 6 nitrogen and oxygen atoms in total. The summed E-state index contributed by atoms with van der Waals surface area (Å²) >= 11 is 0. The van der Waals surface area contributed by atoms with Crippen molar-refractivity contribution in [2.45, 2.75) is 13.5 Å². The average molecular weight is 399 g/mol. The number of amides is 1. The third-order valence-corrected chi connectivity index (χ3v) is 5.03. The van der Waals surface area contributed by atoms with Gasteiger partial charge in [0.05, 0.1) is 22.7 Å². The van der Waals surface area contributed by atoms with E-state index < -0.39 is 0 Å². The predicted molar refractivity (Wildman–Crippen MR) is 114 cm³/mol. The summed E-state index contributed by atoms with van der Waals surface area (Å²) in [5.74, 6) is 0.255. The number of H-pyrrole nitrogens is 1. The highest BCUT2D eigenvalue weighted by Crippen LogP contribution is 2.23. The van der Waals surface area contributed by atoms with Gasteiger partial charge in [0.2, 0.25) is 0 Å². The van der Waals surface area contributed by atoms with Crippen LogP contribution in [0.5, 0.6) is 0 Å². The van der Waals surface area contributed by atoms with Gasteiger partial charge in [-0.2, -0.15) is 0 Å². The fourth-order valence-electron chi connectivity index (χ4n) is 3.69. The van der Waals surface area contributed by atoms with E-state index in [1.807, 2.05) is 47.9 Å². The molecule has 7 heteroatoms. The molecule has 3 heterocycles. The van der Waals surface area contributed by atoms with Crippen LogP contribution in [0.15, 0.2) is 67.0 Å². The van der Waals surface area contributed by atoms with Gasteiger partial charge in [-0.1, -0.05) is 12.1 Å². The molecule has 0 unspecified atom stereocenters. The Bertz CT molecular complexity index is 1400. The van der Waals surface area contributed by atoms with Crippen LogP contribution in [0.1, 0.15) is 21.9 Å². The van der Waals surface area contributed by atoms with Crippen LogP contribution in [-0.4, -0.2) is 25.4 Å². The number of rotatable bonds is 4. The largest absolute Gasteiger partial charge is 0.342 e. The highest BCUT2D eigenvalue weighted by Gasteiger charge is 2.17. The van der Waals surface area contributed by atoms with Crippen LogP contribution in [0, 0.1) is 12.7 Å². The van der Waals surface area contributed by atoms with Crippen LogP contribution in [0.25, 0.3) is 21.9 Å². The van der Waals surface area contributed by atoms with Gasteiger partial charge < -0.3 is 14.9 Å². The maximum Gasteiger partial charge on any atom is 0.272 e. The quantitative estimate of drug-likeness (QED) is 0.461. The number of halogens is 1. The molecule has 3 aromatic heterocycles. The Balaban J connectivity index is 1.52. The number of aromatic amines is 1. The summed E-state index contributed by atoms with van der Waals surface area (Å²) < 4.78 is 15.5. The monoisotopic (exact) mass is 399 g/mol. The van der Waals surface area contributed by atoms with Crippen LogP contribution in [0.3, 0.4) is 0 Å². The minimum atomic E-state index is -0.309. The fourth-order valence-corrected chi connectivity index (χ4v) is 3.69. The minimum Gasteiger partial charge on any atom is -0.342 e. The molecule has 0 bridgehead atoms. The SMILES string of the molecule is Cc1nc2ccc(NC(=O)c3cc4ccncc4n3Cc3cccc(F)c3)cc2[nH]1. The van der Waals surface area contributed by atoms with Crippen molar-refractivity contribution in [3.05, 3.63) is 89.9 Å². The van der Waals surface area contributed by atoms with Crippen LogP contribution >= 0.6 is 0 Å². The van der Waals surface area contributed by atoms with Gasteiger partial charge in [-0.3, -0.25) is 9.78 Å². The van der Waals surface area contributed by atoms with Gasteiger partial charge in [-0.05, 0) is 55.0 Å². The Morgan fingerprint density at radius 1 is 1.17 bits per heavy atom. The van der Waals surface area contributed by atoms with Gasteiger partial charge in [0.25, 0.3) is 5.91 Å². The number of hydrogen-bond acceptors (Lipinski definition) is 3. The van der Waals surface area contributed by atoms with E-state index in [4.69, 9.17) is 0 Å². The van der Waals surface area contributed by atoms with Crippen molar-refractivity contribution < 1.29 is 9.18 Å². The molecule has 0 atom stereocenters. The first-order chi connectivity index (χ1) is 14.6. The Morgan fingerprint density at radius 2 is 2.07 bits per heavy atom. The molecule has 0 aliphatic heterocycles. The summed E-state index contributed by atoms with van der Waals surface area (Å²) in [7, 11) is 0. The molecule has 2 aromatic carbocycles. The number of carbonyl (C=O) groups is 1. The van der Waals surface area contributed by atoms with Crippen molar-refractivity contribution in [3.63, 3.8) is 0 Å². The van der Waals surface area contributed by atoms with Crippen molar-refractivity contribution in [2.24, 2.45) is 0 Å². The molecule has 0 saturated carbocycles.